The number of pyridine rings is 1. The fourth-order valence-electron chi connectivity index (χ4n) is 3.76. The molecule has 2 aliphatic heterocycles. The highest BCUT2D eigenvalue weighted by Gasteiger charge is 2.29. The topological polar surface area (TPSA) is 50.1 Å². The van der Waals surface area contributed by atoms with Gasteiger partial charge in [0.25, 0.3) is 0 Å². The Morgan fingerprint density at radius 3 is 2.87 bits per heavy atom. The summed E-state index contributed by atoms with van der Waals surface area (Å²) in [5, 5.41) is 8.59. The van der Waals surface area contributed by atoms with Gasteiger partial charge in [0.1, 0.15) is 0 Å². The molecule has 23 heavy (non-hydrogen) atoms. The van der Waals surface area contributed by atoms with E-state index >= 15 is 0 Å². The summed E-state index contributed by atoms with van der Waals surface area (Å²) in [7, 11) is 0. The van der Waals surface area contributed by atoms with Crippen LogP contribution in [0.4, 0.5) is 0 Å². The van der Waals surface area contributed by atoms with Gasteiger partial charge in [0.15, 0.2) is 0 Å². The van der Waals surface area contributed by atoms with Crippen molar-refractivity contribution in [2.45, 2.75) is 38.4 Å². The van der Waals surface area contributed by atoms with Crippen LogP contribution in [0.5, 0.6) is 0 Å². The molecule has 0 spiro atoms. The molecular formula is C17H24N6. The van der Waals surface area contributed by atoms with Crippen molar-refractivity contribution in [3.8, 4) is 0 Å². The van der Waals surface area contributed by atoms with Gasteiger partial charge in [0.2, 0.25) is 0 Å². The van der Waals surface area contributed by atoms with Crippen LogP contribution in [-0.4, -0.2) is 62.0 Å². The maximum atomic E-state index is 4.34. The van der Waals surface area contributed by atoms with Gasteiger partial charge in [-0.3, -0.25) is 14.8 Å². The van der Waals surface area contributed by atoms with E-state index in [1.54, 1.807) is 6.20 Å². The van der Waals surface area contributed by atoms with Crippen molar-refractivity contribution < 1.29 is 0 Å². The first-order valence-corrected chi connectivity index (χ1v) is 8.61. The predicted molar refractivity (Wildman–Crippen MR) is 87.9 cm³/mol. The summed E-state index contributed by atoms with van der Waals surface area (Å²) in [5.41, 5.74) is 2.22. The van der Waals surface area contributed by atoms with Gasteiger partial charge in [-0.15, -0.1) is 5.10 Å². The molecule has 0 radical (unpaired) electrons. The minimum atomic E-state index is 0.733. The summed E-state index contributed by atoms with van der Waals surface area (Å²) in [6.07, 6.45) is 9.78. The Bertz CT molecular complexity index is 619. The summed E-state index contributed by atoms with van der Waals surface area (Å²) >= 11 is 0. The Kier molecular flexibility index (Phi) is 4.35. The molecule has 2 aromatic rings. The zero-order valence-corrected chi connectivity index (χ0v) is 13.5. The molecule has 0 aromatic carbocycles. The van der Waals surface area contributed by atoms with Gasteiger partial charge >= 0.3 is 0 Å². The molecule has 6 nitrogen and oxygen atoms in total. The lowest BCUT2D eigenvalue weighted by Crippen LogP contribution is -2.35. The number of likely N-dealkylation sites (tertiary alicyclic amines) is 2. The Labute approximate surface area is 137 Å². The molecule has 2 aliphatic rings. The van der Waals surface area contributed by atoms with E-state index in [2.05, 4.69) is 37.4 Å². The smallest absolute Gasteiger partial charge is 0.0967 e. The molecule has 0 saturated carbocycles. The number of hydrogen-bond donors (Lipinski definition) is 0. The lowest BCUT2D eigenvalue weighted by atomic mass is 10.2. The molecule has 6 heteroatoms. The Morgan fingerprint density at radius 2 is 2.04 bits per heavy atom. The fraction of sp³-hybridized carbons (Fsp3) is 0.588. The third kappa shape index (κ3) is 3.59. The molecule has 4 heterocycles. The van der Waals surface area contributed by atoms with E-state index in [0.717, 1.165) is 30.4 Å². The van der Waals surface area contributed by atoms with Gasteiger partial charge in [-0.1, -0.05) is 11.3 Å². The standard InChI is InChI=1S/C17H24N6/c1-2-8-22(7-1)17-5-9-21(14-17)12-16-13-23(20-19-16)11-15-4-3-6-18-10-15/h3-4,6,10,13,17H,1-2,5,7-9,11-12,14H2. The van der Waals surface area contributed by atoms with Crippen molar-refractivity contribution in [1.82, 2.24) is 29.8 Å². The quantitative estimate of drug-likeness (QED) is 0.835. The minimum Gasteiger partial charge on any atom is -0.299 e. The first-order chi connectivity index (χ1) is 11.4. The summed E-state index contributed by atoms with van der Waals surface area (Å²) < 4.78 is 1.90. The van der Waals surface area contributed by atoms with Crippen molar-refractivity contribution >= 4 is 0 Å². The lowest BCUT2D eigenvalue weighted by molar-refractivity contribution is 0.229. The van der Waals surface area contributed by atoms with E-state index in [1.807, 2.05) is 16.9 Å². The van der Waals surface area contributed by atoms with Gasteiger partial charge < -0.3 is 0 Å². The summed E-state index contributed by atoms with van der Waals surface area (Å²) in [5.74, 6) is 0. The number of nitrogens with zero attached hydrogens (tertiary/aromatic N) is 6. The van der Waals surface area contributed by atoms with Crippen LogP contribution in [-0.2, 0) is 13.1 Å². The molecule has 0 bridgehead atoms. The molecular weight excluding hydrogens is 288 g/mol. The van der Waals surface area contributed by atoms with Crippen LogP contribution >= 0.6 is 0 Å². The van der Waals surface area contributed by atoms with Gasteiger partial charge in [-0.2, -0.15) is 0 Å². The van der Waals surface area contributed by atoms with Crippen LogP contribution in [0.2, 0.25) is 0 Å². The van der Waals surface area contributed by atoms with E-state index < -0.39 is 0 Å². The summed E-state index contributed by atoms with van der Waals surface area (Å²) in [6.45, 7) is 6.58. The third-order valence-electron chi connectivity index (χ3n) is 4.94. The highest BCUT2D eigenvalue weighted by molar-refractivity contribution is 5.09. The number of aromatic nitrogens is 4. The second-order valence-corrected chi connectivity index (χ2v) is 6.69. The van der Waals surface area contributed by atoms with Gasteiger partial charge in [0, 0.05) is 38.1 Å². The first-order valence-electron chi connectivity index (χ1n) is 8.61. The molecule has 122 valence electrons. The van der Waals surface area contributed by atoms with Crippen LogP contribution in [0.3, 0.4) is 0 Å². The Morgan fingerprint density at radius 1 is 1.13 bits per heavy atom. The third-order valence-corrected chi connectivity index (χ3v) is 4.94. The molecule has 1 unspecified atom stereocenters. The minimum absolute atomic E-state index is 0.733. The predicted octanol–water partition coefficient (Wildman–Crippen LogP) is 1.39. The molecule has 1 atom stereocenters. The second-order valence-electron chi connectivity index (χ2n) is 6.69. The van der Waals surface area contributed by atoms with E-state index in [0.29, 0.717) is 0 Å². The van der Waals surface area contributed by atoms with Crippen molar-refractivity contribution in [1.29, 1.82) is 0 Å². The molecule has 2 saturated heterocycles. The summed E-state index contributed by atoms with van der Waals surface area (Å²) in [4.78, 5) is 9.32. The summed E-state index contributed by atoms with van der Waals surface area (Å²) in [6, 6.07) is 4.77. The SMILES string of the molecule is c1cncc(Cn2cc(CN3CCC(N4CCCC4)C3)nn2)c1. The molecule has 0 N–H and O–H groups in total. The Hall–Kier alpha value is -1.79. The molecule has 2 fully saturated rings. The first kappa shape index (κ1) is 14.8. The van der Waals surface area contributed by atoms with E-state index in [4.69, 9.17) is 0 Å². The van der Waals surface area contributed by atoms with Gasteiger partial charge in [0.05, 0.1) is 18.4 Å². The monoisotopic (exact) mass is 312 g/mol. The molecule has 2 aromatic heterocycles. The van der Waals surface area contributed by atoms with Crippen LogP contribution in [0, 0.1) is 0 Å². The van der Waals surface area contributed by atoms with Crippen molar-refractivity contribution in [2.24, 2.45) is 0 Å². The molecule has 4 rings (SSSR count). The van der Waals surface area contributed by atoms with Crippen LogP contribution in [0.25, 0.3) is 0 Å². The average Bonchev–Trinajstić information content (AvgIpc) is 3.30. The fourth-order valence-corrected chi connectivity index (χ4v) is 3.76. The van der Waals surface area contributed by atoms with Gasteiger partial charge in [-0.25, -0.2) is 4.68 Å². The van der Waals surface area contributed by atoms with E-state index in [9.17, 15) is 0 Å². The largest absolute Gasteiger partial charge is 0.299 e. The normalized spacial score (nSPS) is 22.9. The zero-order chi connectivity index (χ0) is 15.5. The lowest BCUT2D eigenvalue weighted by Gasteiger charge is -2.23. The van der Waals surface area contributed by atoms with E-state index in [-0.39, 0.29) is 0 Å². The Balaban J connectivity index is 1.31. The van der Waals surface area contributed by atoms with Gasteiger partial charge in [-0.05, 0) is 44.0 Å². The van der Waals surface area contributed by atoms with Crippen molar-refractivity contribution in [3.63, 3.8) is 0 Å². The van der Waals surface area contributed by atoms with Crippen molar-refractivity contribution in [2.75, 3.05) is 26.2 Å². The maximum Gasteiger partial charge on any atom is 0.0967 e. The second kappa shape index (κ2) is 6.76. The molecule has 0 amide bonds. The van der Waals surface area contributed by atoms with Crippen molar-refractivity contribution in [3.05, 3.63) is 42.0 Å². The number of hydrogen-bond acceptors (Lipinski definition) is 5. The maximum absolute atomic E-state index is 4.34. The number of rotatable bonds is 5. The highest BCUT2D eigenvalue weighted by atomic mass is 15.4. The highest BCUT2D eigenvalue weighted by Crippen LogP contribution is 2.21. The van der Waals surface area contributed by atoms with Crippen LogP contribution in [0.15, 0.2) is 30.7 Å². The average molecular weight is 312 g/mol. The molecule has 0 aliphatic carbocycles. The van der Waals surface area contributed by atoms with Crippen LogP contribution < -0.4 is 0 Å². The van der Waals surface area contributed by atoms with E-state index in [1.165, 1.54) is 45.4 Å². The zero-order valence-electron chi connectivity index (χ0n) is 13.5. The van der Waals surface area contributed by atoms with Crippen LogP contribution in [0.1, 0.15) is 30.5 Å².